The Morgan fingerprint density at radius 2 is 2.19 bits per heavy atom. The number of rotatable bonds is 4. The van der Waals surface area contributed by atoms with Crippen molar-refractivity contribution in [3.8, 4) is 11.5 Å². The predicted octanol–water partition coefficient (Wildman–Crippen LogP) is 0.769. The third-order valence-corrected chi connectivity index (χ3v) is 3.25. The molecule has 1 aliphatic rings. The quantitative estimate of drug-likeness (QED) is 0.857. The second-order valence-corrected chi connectivity index (χ2v) is 5.71. The molecular formula is C15H21NO5. The fourth-order valence-corrected chi connectivity index (χ4v) is 2.39. The van der Waals surface area contributed by atoms with Crippen LogP contribution in [0.2, 0.25) is 0 Å². The average molecular weight is 295 g/mol. The van der Waals surface area contributed by atoms with Gasteiger partial charge in [-0.1, -0.05) is 12.1 Å². The zero-order valence-electron chi connectivity index (χ0n) is 12.3. The van der Waals surface area contributed by atoms with Gasteiger partial charge in [-0.15, -0.1) is 0 Å². The summed E-state index contributed by atoms with van der Waals surface area (Å²) >= 11 is 0. The van der Waals surface area contributed by atoms with Crippen molar-refractivity contribution in [3.05, 3.63) is 24.3 Å². The van der Waals surface area contributed by atoms with Crippen LogP contribution in [0.5, 0.6) is 11.5 Å². The number of benzene rings is 1. The van der Waals surface area contributed by atoms with E-state index in [1.807, 2.05) is 13.8 Å². The maximum atomic E-state index is 12.2. The number of aromatic hydroxyl groups is 1. The SMILES string of the molecule is CC1(C)CN(C(=O)COc2ccccc2O)CC(CO)O1. The first-order valence-corrected chi connectivity index (χ1v) is 6.88. The fourth-order valence-electron chi connectivity index (χ4n) is 2.39. The van der Waals surface area contributed by atoms with Gasteiger partial charge < -0.3 is 24.6 Å². The van der Waals surface area contributed by atoms with E-state index in [1.54, 1.807) is 23.1 Å². The zero-order valence-corrected chi connectivity index (χ0v) is 12.3. The van der Waals surface area contributed by atoms with Crippen LogP contribution >= 0.6 is 0 Å². The van der Waals surface area contributed by atoms with Gasteiger partial charge >= 0.3 is 0 Å². The lowest BCUT2D eigenvalue weighted by Crippen LogP contribution is -2.56. The standard InChI is InChI=1S/C15H21NO5/c1-15(2)10-16(7-11(8-17)21-15)14(19)9-20-13-6-4-3-5-12(13)18/h3-6,11,17-18H,7-10H2,1-2H3. The van der Waals surface area contributed by atoms with Gasteiger partial charge in [-0.25, -0.2) is 0 Å². The summed E-state index contributed by atoms with van der Waals surface area (Å²) in [6.07, 6.45) is -0.386. The maximum absolute atomic E-state index is 12.2. The Morgan fingerprint density at radius 3 is 2.86 bits per heavy atom. The molecule has 0 bridgehead atoms. The lowest BCUT2D eigenvalue weighted by molar-refractivity contribution is -0.168. The molecule has 1 aromatic rings. The smallest absolute Gasteiger partial charge is 0.260 e. The highest BCUT2D eigenvalue weighted by Gasteiger charge is 2.35. The van der Waals surface area contributed by atoms with E-state index in [0.29, 0.717) is 13.1 Å². The van der Waals surface area contributed by atoms with Crippen LogP contribution < -0.4 is 4.74 Å². The number of aliphatic hydroxyl groups excluding tert-OH is 1. The molecule has 0 saturated carbocycles. The summed E-state index contributed by atoms with van der Waals surface area (Å²) in [6.45, 7) is 4.23. The maximum Gasteiger partial charge on any atom is 0.260 e. The summed E-state index contributed by atoms with van der Waals surface area (Å²) in [7, 11) is 0. The largest absolute Gasteiger partial charge is 0.504 e. The van der Waals surface area contributed by atoms with Crippen LogP contribution in [0.1, 0.15) is 13.8 Å². The highest BCUT2D eigenvalue weighted by molar-refractivity contribution is 5.78. The van der Waals surface area contributed by atoms with Gasteiger partial charge in [0.05, 0.1) is 18.3 Å². The summed E-state index contributed by atoms with van der Waals surface area (Å²) in [6, 6.07) is 6.50. The molecule has 0 aliphatic carbocycles. The molecule has 0 aromatic heterocycles. The first kappa shape index (κ1) is 15.6. The Bertz CT molecular complexity index is 503. The number of carbonyl (C=O) groups excluding carboxylic acids is 1. The average Bonchev–Trinajstić information content (AvgIpc) is 2.44. The molecule has 1 aliphatic heterocycles. The van der Waals surface area contributed by atoms with Crippen LogP contribution in [0.3, 0.4) is 0 Å². The predicted molar refractivity (Wildman–Crippen MR) is 76.2 cm³/mol. The second-order valence-electron chi connectivity index (χ2n) is 5.71. The number of aliphatic hydroxyl groups is 1. The lowest BCUT2D eigenvalue weighted by atomic mass is 10.1. The highest BCUT2D eigenvalue weighted by Crippen LogP contribution is 2.25. The molecule has 1 unspecified atom stereocenters. The Kier molecular flexibility index (Phi) is 4.69. The molecule has 0 spiro atoms. The summed E-state index contributed by atoms with van der Waals surface area (Å²) in [5.41, 5.74) is -0.504. The third kappa shape index (κ3) is 4.09. The minimum Gasteiger partial charge on any atom is -0.504 e. The van der Waals surface area contributed by atoms with Gasteiger partial charge in [0.1, 0.15) is 0 Å². The Morgan fingerprint density at radius 1 is 1.48 bits per heavy atom. The molecule has 1 atom stereocenters. The van der Waals surface area contributed by atoms with Crippen molar-refractivity contribution in [1.29, 1.82) is 0 Å². The fraction of sp³-hybridized carbons (Fsp3) is 0.533. The highest BCUT2D eigenvalue weighted by atomic mass is 16.5. The van der Waals surface area contributed by atoms with Crippen molar-refractivity contribution < 1.29 is 24.5 Å². The molecule has 2 rings (SSSR count). The molecule has 6 nitrogen and oxygen atoms in total. The molecule has 1 saturated heterocycles. The number of amides is 1. The molecule has 1 heterocycles. The van der Waals surface area contributed by atoms with E-state index in [2.05, 4.69) is 0 Å². The van der Waals surface area contributed by atoms with Gasteiger partial charge in [-0.3, -0.25) is 4.79 Å². The summed E-state index contributed by atoms with van der Waals surface area (Å²) < 4.78 is 11.0. The van der Waals surface area contributed by atoms with Crippen molar-refractivity contribution in [2.24, 2.45) is 0 Å². The van der Waals surface area contributed by atoms with Crippen molar-refractivity contribution in [3.63, 3.8) is 0 Å². The van der Waals surface area contributed by atoms with Gasteiger partial charge in [0, 0.05) is 13.1 Å². The number of morpholine rings is 1. The number of hydrogen-bond donors (Lipinski definition) is 2. The Hall–Kier alpha value is -1.79. The summed E-state index contributed by atoms with van der Waals surface area (Å²) in [4.78, 5) is 13.8. The normalized spacial score (nSPS) is 21.1. The minimum atomic E-state index is -0.504. The number of ether oxygens (including phenoxy) is 2. The molecule has 1 amide bonds. The number of phenols is 1. The molecule has 116 valence electrons. The van der Waals surface area contributed by atoms with Crippen molar-refractivity contribution in [1.82, 2.24) is 4.90 Å². The van der Waals surface area contributed by atoms with Crippen molar-refractivity contribution >= 4 is 5.91 Å². The van der Waals surface area contributed by atoms with Gasteiger partial charge in [0.25, 0.3) is 5.91 Å². The number of nitrogens with zero attached hydrogens (tertiary/aromatic N) is 1. The van der Waals surface area contributed by atoms with Crippen molar-refractivity contribution in [2.75, 3.05) is 26.3 Å². The molecule has 1 fully saturated rings. The van der Waals surface area contributed by atoms with Crippen molar-refractivity contribution in [2.45, 2.75) is 25.6 Å². The van der Waals surface area contributed by atoms with Gasteiger partial charge in [0.15, 0.2) is 18.1 Å². The van der Waals surface area contributed by atoms with E-state index in [0.717, 1.165) is 0 Å². The van der Waals surface area contributed by atoms with Gasteiger partial charge in [-0.05, 0) is 26.0 Å². The summed E-state index contributed by atoms with van der Waals surface area (Å²) in [5, 5.41) is 18.8. The number of phenolic OH excluding ortho intramolecular Hbond substituents is 1. The van der Waals surface area contributed by atoms with E-state index < -0.39 is 5.60 Å². The molecular weight excluding hydrogens is 274 g/mol. The molecule has 0 radical (unpaired) electrons. The first-order chi connectivity index (χ1) is 9.91. The van der Waals surface area contributed by atoms with Crippen LogP contribution in [-0.2, 0) is 9.53 Å². The summed E-state index contributed by atoms with van der Waals surface area (Å²) in [5.74, 6) is 0.0750. The number of carbonyl (C=O) groups is 1. The van der Waals surface area contributed by atoms with Crippen LogP contribution in [-0.4, -0.2) is 59.0 Å². The molecule has 2 N–H and O–H groups in total. The Labute approximate surface area is 123 Å². The van der Waals surface area contributed by atoms with Gasteiger partial charge in [0.2, 0.25) is 0 Å². The van der Waals surface area contributed by atoms with Crippen LogP contribution in [0.15, 0.2) is 24.3 Å². The number of hydrogen-bond acceptors (Lipinski definition) is 5. The van der Waals surface area contributed by atoms with Gasteiger partial charge in [-0.2, -0.15) is 0 Å². The third-order valence-electron chi connectivity index (χ3n) is 3.25. The monoisotopic (exact) mass is 295 g/mol. The first-order valence-electron chi connectivity index (χ1n) is 6.88. The molecule has 6 heteroatoms. The van der Waals surface area contributed by atoms with E-state index in [4.69, 9.17) is 9.47 Å². The Balaban J connectivity index is 1.95. The van der Waals surface area contributed by atoms with Crippen LogP contribution in [0.25, 0.3) is 0 Å². The van der Waals surface area contributed by atoms with E-state index in [1.165, 1.54) is 6.07 Å². The van der Waals surface area contributed by atoms with Crippen LogP contribution in [0, 0.1) is 0 Å². The molecule has 1 aromatic carbocycles. The second kappa shape index (κ2) is 6.32. The molecule has 21 heavy (non-hydrogen) atoms. The zero-order chi connectivity index (χ0) is 15.5. The van der Waals surface area contributed by atoms with E-state index >= 15 is 0 Å². The lowest BCUT2D eigenvalue weighted by Gasteiger charge is -2.42. The van der Waals surface area contributed by atoms with E-state index in [-0.39, 0.29) is 36.7 Å². The topological polar surface area (TPSA) is 79.2 Å². The number of para-hydroxylation sites is 2. The minimum absolute atomic E-state index is 0.000780. The van der Waals surface area contributed by atoms with Crippen LogP contribution in [0.4, 0.5) is 0 Å². The van der Waals surface area contributed by atoms with E-state index in [9.17, 15) is 15.0 Å².